The number of carbonyl (C=O) groups is 1. The Morgan fingerprint density at radius 2 is 1.67 bits per heavy atom. The molecule has 0 atom stereocenters. The molecule has 4 heteroatoms. The minimum absolute atomic E-state index is 0.206. The van der Waals surface area contributed by atoms with Crippen molar-refractivity contribution in [2.75, 3.05) is 0 Å². The highest BCUT2D eigenvalue weighted by Gasteiger charge is 2.27. The molecule has 0 spiro atoms. The highest BCUT2D eigenvalue weighted by atomic mass is 19.1. The van der Waals surface area contributed by atoms with Gasteiger partial charge in [-0.2, -0.15) is 0 Å². The second kappa shape index (κ2) is 10.3. The predicted molar refractivity (Wildman–Crippen MR) is 119 cm³/mol. The van der Waals surface area contributed by atoms with Crippen LogP contribution < -0.4 is 0 Å². The van der Waals surface area contributed by atoms with Crippen LogP contribution in [0.3, 0.4) is 0 Å². The third kappa shape index (κ3) is 5.53. The zero-order valence-corrected chi connectivity index (χ0v) is 18.1. The summed E-state index contributed by atoms with van der Waals surface area (Å²) < 4.78 is 15.4. The van der Waals surface area contributed by atoms with Crippen molar-refractivity contribution in [2.45, 2.75) is 89.8 Å². The van der Waals surface area contributed by atoms with Crippen LogP contribution in [0.4, 0.5) is 4.39 Å². The highest BCUT2D eigenvalue weighted by molar-refractivity contribution is 5.76. The van der Waals surface area contributed by atoms with E-state index in [9.17, 15) is 9.18 Å². The first-order valence-corrected chi connectivity index (χ1v) is 11.9. The van der Waals surface area contributed by atoms with Crippen molar-refractivity contribution < 1.29 is 9.18 Å². The predicted octanol–water partition coefficient (Wildman–Crippen LogP) is 6.31. The van der Waals surface area contributed by atoms with Crippen molar-refractivity contribution in [1.29, 1.82) is 0 Å². The highest BCUT2D eigenvalue weighted by Crippen LogP contribution is 2.30. The fourth-order valence-corrected chi connectivity index (χ4v) is 5.29. The van der Waals surface area contributed by atoms with Crippen molar-refractivity contribution >= 4 is 5.91 Å². The summed E-state index contributed by atoms with van der Waals surface area (Å²) in [6.45, 7) is 1.39. The zero-order chi connectivity index (χ0) is 20.8. The van der Waals surface area contributed by atoms with Crippen LogP contribution in [0, 0.1) is 11.7 Å². The van der Waals surface area contributed by atoms with Crippen molar-refractivity contribution in [3.05, 3.63) is 59.7 Å². The van der Waals surface area contributed by atoms with E-state index in [2.05, 4.69) is 27.8 Å². The maximum atomic E-state index is 13.3. The topological polar surface area (TPSA) is 25.2 Å². The Bertz CT molecular complexity index is 801. The van der Waals surface area contributed by atoms with Gasteiger partial charge in [-0.3, -0.25) is 4.79 Å². The van der Waals surface area contributed by atoms with Crippen LogP contribution in [-0.4, -0.2) is 21.4 Å². The summed E-state index contributed by atoms with van der Waals surface area (Å²) >= 11 is 0. The van der Waals surface area contributed by atoms with Gasteiger partial charge in [0.25, 0.3) is 0 Å². The fraction of sp³-hybridized carbons (Fsp3) is 0.577. The van der Waals surface area contributed by atoms with Gasteiger partial charge in [0, 0.05) is 30.9 Å². The van der Waals surface area contributed by atoms with Crippen LogP contribution >= 0.6 is 0 Å². The molecule has 1 heterocycles. The van der Waals surface area contributed by atoms with Crippen LogP contribution in [0.2, 0.25) is 0 Å². The molecule has 2 aromatic rings. The van der Waals surface area contributed by atoms with Gasteiger partial charge < -0.3 is 9.47 Å². The number of hydrogen-bond donors (Lipinski definition) is 0. The molecular weight excluding hydrogens is 375 g/mol. The molecule has 0 radical (unpaired) electrons. The maximum absolute atomic E-state index is 13.3. The fourth-order valence-electron chi connectivity index (χ4n) is 5.29. The quantitative estimate of drug-likeness (QED) is 0.501. The lowest BCUT2D eigenvalue weighted by Crippen LogP contribution is -2.41. The number of nitrogens with zero attached hydrogens (tertiary/aromatic N) is 2. The molecule has 4 rings (SSSR count). The standard InChI is InChI=1S/C26H35FN2O/c27-23-15-12-22(13-16-23)19-28-18-6-11-25(28)20-29(24-9-2-1-3-10-24)26(30)17-14-21-7-4-5-8-21/h6,11-13,15-16,18,21,24H,1-5,7-10,14,17,19-20H2. The number of aromatic nitrogens is 1. The number of hydrogen-bond acceptors (Lipinski definition) is 1. The van der Waals surface area contributed by atoms with E-state index in [-0.39, 0.29) is 5.82 Å². The van der Waals surface area contributed by atoms with E-state index < -0.39 is 0 Å². The van der Waals surface area contributed by atoms with Crippen molar-refractivity contribution in [3.63, 3.8) is 0 Å². The van der Waals surface area contributed by atoms with E-state index in [1.54, 1.807) is 0 Å². The van der Waals surface area contributed by atoms with Gasteiger partial charge in [0.15, 0.2) is 0 Å². The van der Waals surface area contributed by atoms with Gasteiger partial charge in [-0.25, -0.2) is 4.39 Å². The summed E-state index contributed by atoms with van der Waals surface area (Å²) in [5, 5.41) is 0. The van der Waals surface area contributed by atoms with Crippen LogP contribution in [-0.2, 0) is 17.9 Å². The van der Waals surface area contributed by atoms with E-state index in [1.165, 1.54) is 62.8 Å². The Morgan fingerprint density at radius 1 is 0.967 bits per heavy atom. The van der Waals surface area contributed by atoms with Crippen molar-refractivity contribution in [2.24, 2.45) is 5.92 Å². The van der Waals surface area contributed by atoms with Gasteiger partial charge in [0.1, 0.15) is 5.82 Å². The van der Waals surface area contributed by atoms with Crippen LogP contribution in [0.15, 0.2) is 42.6 Å². The minimum atomic E-state index is -0.206. The molecule has 1 aromatic heterocycles. The first kappa shape index (κ1) is 21.1. The maximum Gasteiger partial charge on any atom is 0.223 e. The number of rotatable bonds is 8. The number of amides is 1. The second-order valence-electron chi connectivity index (χ2n) is 9.26. The molecule has 30 heavy (non-hydrogen) atoms. The summed E-state index contributed by atoms with van der Waals surface area (Å²) in [4.78, 5) is 15.5. The normalized spacial score (nSPS) is 18.0. The van der Waals surface area contributed by atoms with Crippen LogP contribution in [0.25, 0.3) is 0 Å². The first-order valence-electron chi connectivity index (χ1n) is 11.9. The molecular formula is C26H35FN2O. The van der Waals surface area contributed by atoms with Gasteiger partial charge in [-0.1, -0.05) is 57.1 Å². The minimum Gasteiger partial charge on any atom is -0.345 e. The molecule has 162 valence electrons. The molecule has 2 aliphatic carbocycles. The lowest BCUT2D eigenvalue weighted by Gasteiger charge is -2.35. The molecule has 1 aromatic carbocycles. The number of benzene rings is 1. The van der Waals surface area contributed by atoms with E-state index in [1.807, 2.05) is 12.1 Å². The molecule has 2 aliphatic rings. The Hall–Kier alpha value is -2.10. The third-order valence-corrected chi connectivity index (χ3v) is 7.10. The number of carbonyl (C=O) groups excluding carboxylic acids is 1. The summed E-state index contributed by atoms with van der Waals surface area (Å²) in [6.07, 6.45) is 15.1. The summed E-state index contributed by atoms with van der Waals surface area (Å²) in [5.41, 5.74) is 2.24. The van der Waals surface area contributed by atoms with Gasteiger partial charge in [-0.05, 0) is 55.0 Å². The van der Waals surface area contributed by atoms with Crippen molar-refractivity contribution in [1.82, 2.24) is 9.47 Å². The van der Waals surface area contributed by atoms with Crippen LogP contribution in [0.5, 0.6) is 0 Å². The van der Waals surface area contributed by atoms with Gasteiger partial charge in [0.2, 0.25) is 5.91 Å². The van der Waals surface area contributed by atoms with Crippen molar-refractivity contribution in [3.8, 4) is 0 Å². The van der Waals surface area contributed by atoms with Gasteiger partial charge >= 0.3 is 0 Å². The Labute approximate surface area is 180 Å². The van der Waals surface area contributed by atoms with Crippen LogP contribution in [0.1, 0.15) is 81.9 Å². The molecule has 2 saturated carbocycles. The number of halogens is 1. The Morgan fingerprint density at radius 3 is 2.40 bits per heavy atom. The van der Waals surface area contributed by atoms with Gasteiger partial charge in [0.05, 0.1) is 6.54 Å². The average Bonchev–Trinajstić information content (AvgIpc) is 3.45. The molecule has 1 amide bonds. The second-order valence-corrected chi connectivity index (χ2v) is 9.26. The lowest BCUT2D eigenvalue weighted by molar-refractivity contribution is -0.135. The smallest absolute Gasteiger partial charge is 0.223 e. The lowest BCUT2D eigenvalue weighted by atomic mass is 9.93. The van der Waals surface area contributed by atoms with E-state index in [0.717, 1.165) is 30.7 Å². The van der Waals surface area contributed by atoms with Gasteiger partial charge in [-0.15, -0.1) is 0 Å². The molecule has 0 N–H and O–H groups in total. The molecule has 2 fully saturated rings. The SMILES string of the molecule is O=C(CCC1CCCC1)N(Cc1cccn1Cc1ccc(F)cc1)C1CCCCC1. The molecule has 0 bridgehead atoms. The summed E-state index contributed by atoms with van der Waals surface area (Å²) in [7, 11) is 0. The summed E-state index contributed by atoms with van der Waals surface area (Å²) in [5.74, 6) is 0.885. The Kier molecular flexibility index (Phi) is 7.24. The molecule has 3 nitrogen and oxygen atoms in total. The molecule has 0 aliphatic heterocycles. The molecule has 0 saturated heterocycles. The Balaban J connectivity index is 1.45. The zero-order valence-electron chi connectivity index (χ0n) is 18.1. The van der Waals surface area contributed by atoms with E-state index in [4.69, 9.17) is 0 Å². The van der Waals surface area contributed by atoms with E-state index in [0.29, 0.717) is 31.5 Å². The molecule has 0 unspecified atom stereocenters. The monoisotopic (exact) mass is 410 g/mol. The first-order chi connectivity index (χ1) is 14.7. The third-order valence-electron chi connectivity index (χ3n) is 7.10. The summed E-state index contributed by atoms with van der Waals surface area (Å²) in [6, 6.07) is 11.3. The van der Waals surface area contributed by atoms with E-state index >= 15 is 0 Å². The average molecular weight is 411 g/mol. The largest absolute Gasteiger partial charge is 0.345 e.